The third-order valence-corrected chi connectivity index (χ3v) is 5.28. The van der Waals surface area contributed by atoms with Crippen molar-refractivity contribution in [2.24, 2.45) is 0 Å². The number of non-ortho nitro benzene ring substituents is 1. The number of ether oxygens (including phenoxy) is 2. The maximum Gasteiger partial charge on any atom is 0.573 e. The van der Waals surface area contributed by atoms with Crippen LogP contribution in [0.4, 0.5) is 24.5 Å². The van der Waals surface area contributed by atoms with E-state index in [1.807, 2.05) is 0 Å². The number of nitro benzene ring substituents is 1. The summed E-state index contributed by atoms with van der Waals surface area (Å²) in [5.74, 6) is -2.50. The minimum Gasteiger partial charge on any atom is -0.454 e. The Balaban J connectivity index is 1.96. The number of thioether (sulfide) groups is 1. The van der Waals surface area contributed by atoms with Gasteiger partial charge in [-0.2, -0.15) is 11.8 Å². The largest absolute Gasteiger partial charge is 0.573 e. The predicted molar refractivity (Wildman–Crippen MR) is 125 cm³/mol. The molecule has 0 bridgehead atoms. The number of esters is 1. The topological polar surface area (TPSA) is 137 Å². The average Bonchev–Trinajstić information content (AvgIpc) is 2.80. The van der Waals surface area contributed by atoms with Gasteiger partial charge in [0, 0.05) is 17.8 Å². The van der Waals surface area contributed by atoms with Crippen molar-refractivity contribution in [3.8, 4) is 5.75 Å². The lowest BCUT2D eigenvalue weighted by molar-refractivity contribution is -0.384. The van der Waals surface area contributed by atoms with Crippen LogP contribution in [0.3, 0.4) is 0 Å². The van der Waals surface area contributed by atoms with E-state index < -0.39 is 47.5 Å². The molecule has 0 saturated heterocycles. The van der Waals surface area contributed by atoms with Crippen LogP contribution < -0.4 is 15.4 Å². The van der Waals surface area contributed by atoms with Crippen molar-refractivity contribution in [2.75, 3.05) is 23.9 Å². The number of nitrogens with zero attached hydrogens (tertiary/aromatic N) is 1. The number of halogens is 4. The molecule has 1 unspecified atom stereocenters. The molecular weight excluding hydrogens is 531 g/mol. The van der Waals surface area contributed by atoms with Gasteiger partial charge in [-0.3, -0.25) is 19.7 Å². The van der Waals surface area contributed by atoms with Gasteiger partial charge in [-0.05, 0) is 48.8 Å². The summed E-state index contributed by atoms with van der Waals surface area (Å²) >= 11 is 7.34. The van der Waals surface area contributed by atoms with Gasteiger partial charge in [-0.25, -0.2) is 4.79 Å². The lowest BCUT2D eigenvalue weighted by atomic mass is 10.1. The van der Waals surface area contributed by atoms with Gasteiger partial charge in [0.15, 0.2) is 6.61 Å². The summed E-state index contributed by atoms with van der Waals surface area (Å²) in [5.41, 5.74) is -0.283. The molecule has 10 nitrogen and oxygen atoms in total. The molecule has 2 N–H and O–H groups in total. The van der Waals surface area contributed by atoms with Crippen molar-refractivity contribution in [1.29, 1.82) is 0 Å². The molecule has 0 aliphatic carbocycles. The number of nitro groups is 1. The van der Waals surface area contributed by atoms with Crippen LogP contribution in [0.25, 0.3) is 0 Å². The van der Waals surface area contributed by atoms with Gasteiger partial charge in [0.2, 0.25) is 0 Å². The first-order chi connectivity index (χ1) is 16.9. The number of hydrogen-bond donors (Lipinski definition) is 2. The second-order valence-electron chi connectivity index (χ2n) is 6.96. The maximum absolute atomic E-state index is 12.6. The Hall–Kier alpha value is -3.52. The van der Waals surface area contributed by atoms with Crippen molar-refractivity contribution in [3.05, 3.63) is 63.2 Å². The Kier molecular flexibility index (Phi) is 10.3. The fourth-order valence-electron chi connectivity index (χ4n) is 2.70. The summed E-state index contributed by atoms with van der Waals surface area (Å²) in [6.07, 6.45) is -2.93. The summed E-state index contributed by atoms with van der Waals surface area (Å²) in [6.45, 7) is -0.733. The van der Waals surface area contributed by atoms with Gasteiger partial charge >= 0.3 is 12.3 Å². The first kappa shape index (κ1) is 28.7. The minimum absolute atomic E-state index is 0.0973. The molecule has 1 atom stereocenters. The molecule has 36 heavy (non-hydrogen) atoms. The SMILES string of the molecule is CSCCC(NC(=O)c1ccc([N+](=O)[O-])cc1Cl)C(=O)OCC(=O)Nc1ccc(OC(F)(F)F)cc1. The van der Waals surface area contributed by atoms with Gasteiger partial charge in [0.25, 0.3) is 17.5 Å². The lowest BCUT2D eigenvalue weighted by Crippen LogP contribution is -2.43. The van der Waals surface area contributed by atoms with Crippen molar-refractivity contribution in [3.63, 3.8) is 0 Å². The fourth-order valence-corrected chi connectivity index (χ4v) is 3.43. The normalized spacial score (nSPS) is 11.8. The molecule has 0 fully saturated rings. The van der Waals surface area contributed by atoms with E-state index in [0.29, 0.717) is 5.75 Å². The number of rotatable bonds is 11. The van der Waals surface area contributed by atoms with Crippen LogP contribution in [0.15, 0.2) is 42.5 Å². The van der Waals surface area contributed by atoms with Crippen LogP contribution in [-0.2, 0) is 14.3 Å². The van der Waals surface area contributed by atoms with Gasteiger partial charge in [0.1, 0.15) is 11.8 Å². The molecule has 2 rings (SSSR count). The van der Waals surface area contributed by atoms with Gasteiger partial charge in [0.05, 0.1) is 15.5 Å². The number of carbonyl (C=O) groups excluding carboxylic acids is 3. The Morgan fingerprint density at radius 1 is 1.17 bits per heavy atom. The molecule has 0 spiro atoms. The highest BCUT2D eigenvalue weighted by molar-refractivity contribution is 7.98. The lowest BCUT2D eigenvalue weighted by Gasteiger charge is -2.18. The molecule has 0 aromatic heterocycles. The van der Waals surface area contributed by atoms with E-state index in [-0.39, 0.29) is 28.4 Å². The third-order valence-electron chi connectivity index (χ3n) is 4.33. The van der Waals surface area contributed by atoms with Gasteiger partial charge in [-0.15, -0.1) is 13.2 Å². The standard InChI is InChI=1S/C21H19ClF3N3O7S/c1-36-9-8-17(27-19(30)15-7-4-13(28(32)33)10-16(15)22)20(31)34-11-18(29)26-12-2-5-14(6-3-12)35-21(23,24)25/h2-7,10,17H,8-9,11H2,1H3,(H,26,29)(H,27,30). The van der Waals surface area contributed by atoms with Crippen molar-refractivity contribution < 1.29 is 42.0 Å². The third kappa shape index (κ3) is 9.26. The molecule has 0 saturated carbocycles. The number of alkyl halides is 3. The quantitative estimate of drug-likeness (QED) is 0.242. The Bertz CT molecular complexity index is 1120. The fraction of sp³-hybridized carbons (Fsp3) is 0.286. The van der Waals surface area contributed by atoms with Crippen molar-refractivity contribution in [2.45, 2.75) is 18.8 Å². The van der Waals surface area contributed by atoms with Crippen LogP contribution >= 0.6 is 23.4 Å². The summed E-state index contributed by atoms with van der Waals surface area (Å²) in [4.78, 5) is 47.3. The molecule has 194 valence electrons. The van der Waals surface area contributed by atoms with E-state index in [1.54, 1.807) is 6.26 Å². The number of hydrogen-bond acceptors (Lipinski definition) is 8. The Morgan fingerprint density at radius 3 is 2.39 bits per heavy atom. The Labute approximate surface area is 211 Å². The van der Waals surface area contributed by atoms with Gasteiger partial charge in [-0.1, -0.05) is 11.6 Å². The van der Waals surface area contributed by atoms with Crippen LogP contribution in [-0.4, -0.2) is 53.7 Å². The molecule has 0 radical (unpaired) electrons. The van der Waals surface area contributed by atoms with E-state index in [1.165, 1.54) is 11.8 Å². The zero-order valence-corrected chi connectivity index (χ0v) is 20.0. The van der Waals surface area contributed by atoms with Gasteiger partial charge < -0.3 is 20.1 Å². The number of nitrogens with one attached hydrogen (secondary N) is 2. The summed E-state index contributed by atoms with van der Waals surface area (Å²) in [5, 5.41) is 15.4. The summed E-state index contributed by atoms with van der Waals surface area (Å²) < 4.78 is 45.3. The molecule has 0 heterocycles. The maximum atomic E-state index is 12.6. The summed E-state index contributed by atoms with van der Waals surface area (Å²) in [7, 11) is 0. The highest BCUT2D eigenvalue weighted by Crippen LogP contribution is 2.24. The molecule has 0 aliphatic rings. The second-order valence-corrected chi connectivity index (χ2v) is 8.35. The van der Waals surface area contributed by atoms with E-state index in [0.717, 1.165) is 42.5 Å². The number of benzene rings is 2. The van der Waals surface area contributed by atoms with Crippen LogP contribution in [0.1, 0.15) is 16.8 Å². The van der Waals surface area contributed by atoms with E-state index in [2.05, 4.69) is 15.4 Å². The van der Waals surface area contributed by atoms with Crippen molar-refractivity contribution in [1.82, 2.24) is 5.32 Å². The highest BCUT2D eigenvalue weighted by Gasteiger charge is 2.31. The first-order valence-electron chi connectivity index (χ1n) is 9.95. The number of amides is 2. The number of carbonyl (C=O) groups is 3. The van der Waals surface area contributed by atoms with Crippen LogP contribution in [0, 0.1) is 10.1 Å². The predicted octanol–water partition coefficient (Wildman–Crippen LogP) is 4.18. The smallest absolute Gasteiger partial charge is 0.454 e. The Morgan fingerprint density at radius 2 is 1.83 bits per heavy atom. The minimum atomic E-state index is -4.86. The summed E-state index contributed by atoms with van der Waals surface area (Å²) in [6, 6.07) is 6.39. The molecule has 2 aromatic rings. The molecule has 2 aromatic carbocycles. The molecular formula is C21H19ClF3N3O7S. The molecule has 0 aliphatic heterocycles. The monoisotopic (exact) mass is 549 g/mol. The zero-order chi connectivity index (χ0) is 26.9. The van der Waals surface area contributed by atoms with Crippen molar-refractivity contribution >= 4 is 52.5 Å². The average molecular weight is 550 g/mol. The second kappa shape index (κ2) is 13.0. The molecule has 15 heteroatoms. The zero-order valence-electron chi connectivity index (χ0n) is 18.5. The van der Waals surface area contributed by atoms with E-state index >= 15 is 0 Å². The number of anilines is 1. The highest BCUT2D eigenvalue weighted by atomic mass is 35.5. The van der Waals surface area contributed by atoms with Crippen LogP contribution in [0.2, 0.25) is 5.02 Å². The van der Waals surface area contributed by atoms with E-state index in [4.69, 9.17) is 16.3 Å². The van der Waals surface area contributed by atoms with Crippen LogP contribution in [0.5, 0.6) is 5.75 Å². The van der Waals surface area contributed by atoms with E-state index in [9.17, 15) is 37.7 Å². The first-order valence-corrected chi connectivity index (χ1v) is 11.7. The molecule has 2 amide bonds.